The molecule has 0 bridgehead atoms. The van der Waals surface area contributed by atoms with E-state index in [-0.39, 0.29) is 17.7 Å². The van der Waals surface area contributed by atoms with Crippen molar-refractivity contribution in [2.45, 2.75) is 63.6 Å². The summed E-state index contributed by atoms with van der Waals surface area (Å²) in [6.45, 7) is 2.47. The predicted octanol–water partition coefficient (Wildman–Crippen LogP) is 3.19. The van der Waals surface area contributed by atoms with E-state index in [1.165, 1.54) is 11.6 Å². The molecule has 1 fully saturated rings. The van der Waals surface area contributed by atoms with E-state index in [1.54, 1.807) is 5.06 Å². The number of nitrogens with zero attached hydrogens (tertiary/aromatic N) is 4. The molecular formula is C21H29N5O4. The van der Waals surface area contributed by atoms with Gasteiger partial charge in [0.25, 0.3) is 5.91 Å². The van der Waals surface area contributed by atoms with Gasteiger partial charge in [-0.05, 0) is 16.9 Å². The number of benzene rings is 1. The van der Waals surface area contributed by atoms with Crippen LogP contribution in [-0.2, 0) is 28.8 Å². The molecular weight excluding hydrogens is 386 g/mol. The van der Waals surface area contributed by atoms with Crippen molar-refractivity contribution in [1.82, 2.24) is 14.6 Å². The zero-order valence-corrected chi connectivity index (χ0v) is 17.5. The summed E-state index contributed by atoms with van der Waals surface area (Å²) in [5.41, 5.74) is 5.48. The van der Waals surface area contributed by atoms with Gasteiger partial charge in [0.15, 0.2) is 0 Å². The summed E-state index contributed by atoms with van der Waals surface area (Å²) in [6.07, 6.45) is 6.39. The van der Waals surface area contributed by atoms with E-state index in [4.69, 9.17) is 10.6 Å². The summed E-state index contributed by atoms with van der Waals surface area (Å²) in [5.74, 6) is -0.594. The molecule has 1 aromatic heterocycles. The van der Waals surface area contributed by atoms with Gasteiger partial charge in [0.1, 0.15) is 6.20 Å². The Morgan fingerprint density at radius 1 is 1.33 bits per heavy atom. The minimum atomic E-state index is -1.38. The number of hydroxylamine groups is 2. The standard InChI is InChI=1S/C21H29N5O4/c1-3-4-5-9-12-17-13-21(19(22)27,20-23-14-18(24(20)2)26(28)29)25(30-17)15-16-10-7-6-8-11-16/h6-8,10-11,14,17H,3-5,9,12-13,15H2,1-2H3,(H2,22,27). The molecule has 1 aromatic carbocycles. The summed E-state index contributed by atoms with van der Waals surface area (Å²) in [7, 11) is 1.53. The van der Waals surface area contributed by atoms with E-state index in [1.807, 2.05) is 30.3 Å². The van der Waals surface area contributed by atoms with Crippen molar-refractivity contribution in [3.8, 4) is 0 Å². The topological polar surface area (TPSA) is 117 Å². The van der Waals surface area contributed by atoms with Crippen LogP contribution < -0.4 is 5.73 Å². The van der Waals surface area contributed by atoms with Gasteiger partial charge in [-0.25, -0.2) is 9.55 Å². The number of unbranched alkanes of at least 4 members (excludes halogenated alkanes) is 3. The molecule has 3 rings (SSSR count). The predicted molar refractivity (Wildman–Crippen MR) is 111 cm³/mol. The second-order valence-corrected chi connectivity index (χ2v) is 7.78. The van der Waals surface area contributed by atoms with Crippen LogP contribution in [0.25, 0.3) is 0 Å². The first-order chi connectivity index (χ1) is 14.4. The zero-order valence-electron chi connectivity index (χ0n) is 17.5. The number of imidazole rings is 1. The molecule has 2 N–H and O–H groups in total. The van der Waals surface area contributed by atoms with Crippen molar-refractivity contribution in [2.24, 2.45) is 12.8 Å². The molecule has 0 radical (unpaired) electrons. The summed E-state index contributed by atoms with van der Waals surface area (Å²) >= 11 is 0. The van der Waals surface area contributed by atoms with E-state index in [0.717, 1.165) is 43.9 Å². The molecule has 0 spiro atoms. The third-order valence-electron chi connectivity index (χ3n) is 5.70. The van der Waals surface area contributed by atoms with E-state index >= 15 is 0 Å². The molecule has 0 aliphatic carbocycles. The van der Waals surface area contributed by atoms with Gasteiger partial charge in [-0.3, -0.25) is 9.63 Å². The van der Waals surface area contributed by atoms with E-state index in [0.29, 0.717) is 13.0 Å². The van der Waals surface area contributed by atoms with Crippen LogP contribution in [0.4, 0.5) is 5.82 Å². The van der Waals surface area contributed by atoms with E-state index in [9.17, 15) is 14.9 Å². The monoisotopic (exact) mass is 415 g/mol. The van der Waals surface area contributed by atoms with Crippen LogP contribution in [0.5, 0.6) is 0 Å². The van der Waals surface area contributed by atoms with Gasteiger partial charge in [-0.1, -0.05) is 62.9 Å². The van der Waals surface area contributed by atoms with Gasteiger partial charge in [-0.2, -0.15) is 5.06 Å². The molecule has 1 amide bonds. The third-order valence-corrected chi connectivity index (χ3v) is 5.70. The summed E-state index contributed by atoms with van der Waals surface area (Å²) < 4.78 is 1.32. The van der Waals surface area contributed by atoms with Crippen molar-refractivity contribution < 1.29 is 14.6 Å². The van der Waals surface area contributed by atoms with Crippen LogP contribution in [-0.4, -0.2) is 31.5 Å². The normalized spacial score (nSPS) is 21.7. The second kappa shape index (κ2) is 9.36. The molecule has 9 heteroatoms. The van der Waals surface area contributed by atoms with E-state index < -0.39 is 16.4 Å². The number of hydrogen-bond donors (Lipinski definition) is 1. The van der Waals surface area contributed by atoms with Crippen molar-refractivity contribution in [2.75, 3.05) is 0 Å². The summed E-state index contributed by atoms with van der Waals surface area (Å²) in [6, 6.07) is 9.60. The summed E-state index contributed by atoms with van der Waals surface area (Å²) in [5, 5.41) is 12.9. The third kappa shape index (κ3) is 4.22. The number of aromatic nitrogens is 2. The molecule has 1 aliphatic heterocycles. The fourth-order valence-corrected chi connectivity index (χ4v) is 4.10. The molecule has 0 saturated carbocycles. The highest BCUT2D eigenvalue weighted by atomic mass is 16.7. The fourth-order valence-electron chi connectivity index (χ4n) is 4.10. The zero-order chi connectivity index (χ0) is 21.7. The van der Waals surface area contributed by atoms with Crippen molar-refractivity contribution in [3.63, 3.8) is 0 Å². The van der Waals surface area contributed by atoms with Crippen molar-refractivity contribution >= 4 is 11.7 Å². The van der Waals surface area contributed by atoms with Gasteiger partial charge >= 0.3 is 5.82 Å². The van der Waals surface area contributed by atoms with Gasteiger partial charge in [0.05, 0.1) is 19.7 Å². The number of amides is 1. The number of carbonyl (C=O) groups excluding carboxylic acids is 1. The van der Waals surface area contributed by atoms with Crippen LogP contribution in [0, 0.1) is 10.1 Å². The second-order valence-electron chi connectivity index (χ2n) is 7.78. The Morgan fingerprint density at radius 3 is 2.67 bits per heavy atom. The first-order valence-electron chi connectivity index (χ1n) is 10.3. The SMILES string of the molecule is CCCCCCC1CC(C(N)=O)(c2ncc([N+](=O)[O-])n2C)N(Cc2ccccc2)O1. The Bertz CT molecular complexity index is 885. The van der Waals surface area contributed by atoms with Crippen LogP contribution in [0.3, 0.4) is 0 Å². The first kappa shape index (κ1) is 21.9. The number of primary amides is 1. The summed E-state index contributed by atoms with van der Waals surface area (Å²) in [4.78, 5) is 34.1. The van der Waals surface area contributed by atoms with Gasteiger partial charge < -0.3 is 15.8 Å². The van der Waals surface area contributed by atoms with Crippen LogP contribution in [0.15, 0.2) is 36.5 Å². The average Bonchev–Trinajstić information content (AvgIpc) is 3.27. The lowest BCUT2D eigenvalue weighted by atomic mass is 9.89. The Morgan fingerprint density at radius 2 is 2.07 bits per heavy atom. The van der Waals surface area contributed by atoms with Gasteiger partial charge in [-0.15, -0.1) is 0 Å². The van der Waals surface area contributed by atoms with E-state index in [2.05, 4.69) is 11.9 Å². The number of hydrogen-bond acceptors (Lipinski definition) is 6. The Labute approximate surface area is 175 Å². The molecule has 2 aromatic rings. The average molecular weight is 415 g/mol. The lowest BCUT2D eigenvalue weighted by Gasteiger charge is -2.30. The maximum atomic E-state index is 12.9. The lowest BCUT2D eigenvalue weighted by Crippen LogP contribution is -2.52. The Balaban J connectivity index is 1.97. The Hall–Kier alpha value is -2.78. The van der Waals surface area contributed by atoms with Crippen LogP contribution in [0.2, 0.25) is 0 Å². The molecule has 2 heterocycles. The first-order valence-corrected chi connectivity index (χ1v) is 10.3. The molecule has 30 heavy (non-hydrogen) atoms. The molecule has 2 unspecified atom stereocenters. The largest absolute Gasteiger partial charge is 0.367 e. The molecule has 1 aliphatic rings. The minimum Gasteiger partial charge on any atom is -0.367 e. The quantitative estimate of drug-likeness (QED) is 0.362. The smallest absolute Gasteiger partial charge is 0.342 e. The van der Waals surface area contributed by atoms with Crippen molar-refractivity contribution in [1.29, 1.82) is 0 Å². The lowest BCUT2D eigenvalue weighted by molar-refractivity contribution is -0.392. The molecule has 162 valence electrons. The Kier molecular flexibility index (Phi) is 6.84. The van der Waals surface area contributed by atoms with Crippen LogP contribution >= 0.6 is 0 Å². The number of nitro groups is 1. The number of rotatable bonds is 10. The maximum Gasteiger partial charge on any atom is 0.342 e. The maximum absolute atomic E-state index is 12.9. The molecule has 9 nitrogen and oxygen atoms in total. The van der Waals surface area contributed by atoms with Crippen molar-refractivity contribution in [3.05, 3.63) is 58.0 Å². The highest BCUT2D eigenvalue weighted by molar-refractivity contribution is 5.85. The van der Waals surface area contributed by atoms with Gasteiger partial charge in [0.2, 0.25) is 11.4 Å². The van der Waals surface area contributed by atoms with Gasteiger partial charge in [0, 0.05) is 6.42 Å². The number of carbonyl (C=O) groups is 1. The number of nitrogens with two attached hydrogens (primary N) is 1. The molecule has 1 saturated heterocycles. The minimum absolute atomic E-state index is 0.198. The highest BCUT2D eigenvalue weighted by Gasteiger charge is 2.57. The highest BCUT2D eigenvalue weighted by Crippen LogP contribution is 2.43. The van der Waals surface area contributed by atoms with Crippen LogP contribution in [0.1, 0.15) is 56.8 Å². The fraction of sp³-hybridized carbons (Fsp3) is 0.524. The molecule has 2 atom stereocenters.